The molecule has 2 N–H and O–H groups in total. The molecule has 0 radical (unpaired) electrons. The van der Waals surface area contributed by atoms with Crippen molar-refractivity contribution in [3.8, 4) is 0 Å². The molecule has 0 atom stereocenters. The summed E-state index contributed by atoms with van der Waals surface area (Å²) in [6.07, 6.45) is 0. The SMILES string of the molecule is O=C(O)c1nc(NCc2ccc(Br)s2)c2ccccc2n1. The number of anilines is 1. The zero-order chi connectivity index (χ0) is 14.8. The maximum atomic E-state index is 11.1. The number of carboxylic acid groups (broad SMARTS) is 1. The molecular formula is C14H10BrN3O2S. The van der Waals surface area contributed by atoms with Crippen molar-refractivity contribution in [2.45, 2.75) is 6.54 Å². The van der Waals surface area contributed by atoms with Gasteiger partial charge in [-0.1, -0.05) is 12.1 Å². The van der Waals surface area contributed by atoms with E-state index in [-0.39, 0.29) is 5.82 Å². The molecule has 2 aromatic heterocycles. The molecule has 3 rings (SSSR count). The van der Waals surface area contributed by atoms with E-state index in [4.69, 9.17) is 5.11 Å². The van der Waals surface area contributed by atoms with E-state index in [0.717, 1.165) is 14.0 Å². The first-order valence-electron chi connectivity index (χ1n) is 6.11. The van der Waals surface area contributed by atoms with E-state index in [1.165, 1.54) is 0 Å². The minimum atomic E-state index is -1.14. The third kappa shape index (κ3) is 3.03. The van der Waals surface area contributed by atoms with Crippen molar-refractivity contribution in [2.75, 3.05) is 5.32 Å². The molecule has 106 valence electrons. The number of carboxylic acids is 1. The zero-order valence-electron chi connectivity index (χ0n) is 10.7. The first kappa shape index (κ1) is 14.0. The number of hydrogen-bond acceptors (Lipinski definition) is 5. The van der Waals surface area contributed by atoms with Gasteiger partial charge in [-0.2, -0.15) is 0 Å². The van der Waals surface area contributed by atoms with Gasteiger partial charge in [0.15, 0.2) is 0 Å². The number of fused-ring (bicyclic) bond motifs is 1. The summed E-state index contributed by atoms with van der Waals surface area (Å²) in [6, 6.07) is 11.3. The lowest BCUT2D eigenvalue weighted by Gasteiger charge is -2.08. The van der Waals surface area contributed by atoms with Crippen molar-refractivity contribution in [3.05, 3.63) is 50.9 Å². The van der Waals surface area contributed by atoms with E-state index in [0.29, 0.717) is 17.9 Å². The summed E-state index contributed by atoms with van der Waals surface area (Å²) in [5.41, 5.74) is 0.611. The fourth-order valence-corrected chi connectivity index (χ4v) is 3.35. The van der Waals surface area contributed by atoms with Crippen molar-refractivity contribution in [2.24, 2.45) is 0 Å². The number of nitrogens with one attached hydrogen (secondary N) is 1. The Morgan fingerprint density at radius 3 is 2.76 bits per heavy atom. The predicted molar refractivity (Wildman–Crippen MR) is 85.8 cm³/mol. The number of halogens is 1. The van der Waals surface area contributed by atoms with Crippen LogP contribution < -0.4 is 5.32 Å². The number of thiophene rings is 1. The summed E-state index contributed by atoms with van der Waals surface area (Å²) < 4.78 is 1.05. The van der Waals surface area contributed by atoms with Gasteiger partial charge in [-0.3, -0.25) is 0 Å². The Balaban J connectivity index is 1.97. The van der Waals surface area contributed by atoms with E-state index in [1.54, 1.807) is 17.4 Å². The monoisotopic (exact) mass is 363 g/mol. The minimum Gasteiger partial charge on any atom is -0.475 e. The van der Waals surface area contributed by atoms with Gasteiger partial charge in [0, 0.05) is 10.3 Å². The van der Waals surface area contributed by atoms with Gasteiger partial charge in [-0.15, -0.1) is 11.3 Å². The highest BCUT2D eigenvalue weighted by atomic mass is 79.9. The number of aromatic nitrogens is 2. The molecule has 21 heavy (non-hydrogen) atoms. The predicted octanol–water partition coefficient (Wildman–Crippen LogP) is 3.76. The molecule has 2 heterocycles. The van der Waals surface area contributed by atoms with Crippen LogP contribution in [0, 0.1) is 0 Å². The number of aromatic carboxylic acids is 1. The average molecular weight is 364 g/mol. The van der Waals surface area contributed by atoms with Crippen LogP contribution in [0.3, 0.4) is 0 Å². The number of benzene rings is 1. The van der Waals surface area contributed by atoms with Gasteiger partial charge >= 0.3 is 5.97 Å². The normalized spacial score (nSPS) is 10.7. The van der Waals surface area contributed by atoms with Crippen LogP contribution in [0.5, 0.6) is 0 Å². The lowest BCUT2D eigenvalue weighted by molar-refractivity contribution is 0.0684. The summed E-state index contributed by atoms with van der Waals surface area (Å²) in [4.78, 5) is 20.4. The molecule has 5 nitrogen and oxygen atoms in total. The van der Waals surface area contributed by atoms with Crippen LogP contribution in [0.2, 0.25) is 0 Å². The second-order valence-corrected chi connectivity index (χ2v) is 6.83. The van der Waals surface area contributed by atoms with Crippen LogP contribution in [-0.4, -0.2) is 21.0 Å². The lowest BCUT2D eigenvalue weighted by Crippen LogP contribution is -2.09. The summed E-state index contributed by atoms with van der Waals surface area (Å²) in [7, 11) is 0. The smallest absolute Gasteiger partial charge is 0.374 e. The number of para-hydroxylation sites is 1. The fourth-order valence-electron chi connectivity index (χ4n) is 1.92. The second kappa shape index (κ2) is 5.79. The van der Waals surface area contributed by atoms with Crippen LogP contribution in [0.15, 0.2) is 40.2 Å². The van der Waals surface area contributed by atoms with Gasteiger partial charge in [-0.05, 0) is 40.2 Å². The molecule has 0 unspecified atom stereocenters. The summed E-state index contributed by atoms with van der Waals surface area (Å²) in [6.45, 7) is 0.580. The van der Waals surface area contributed by atoms with E-state index in [1.807, 2.05) is 30.3 Å². The van der Waals surface area contributed by atoms with E-state index in [2.05, 4.69) is 31.2 Å². The Morgan fingerprint density at radius 1 is 1.24 bits per heavy atom. The highest BCUT2D eigenvalue weighted by Gasteiger charge is 2.12. The Hall–Kier alpha value is -1.99. The summed E-state index contributed by atoms with van der Waals surface area (Å²) >= 11 is 5.03. The number of nitrogens with zero attached hydrogens (tertiary/aromatic N) is 2. The molecule has 0 saturated heterocycles. The van der Waals surface area contributed by atoms with Crippen molar-refractivity contribution < 1.29 is 9.90 Å². The van der Waals surface area contributed by atoms with Gasteiger partial charge in [-0.25, -0.2) is 14.8 Å². The number of rotatable bonds is 4. The van der Waals surface area contributed by atoms with Crippen molar-refractivity contribution in [3.63, 3.8) is 0 Å². The van der Waals surface area contributed by atoms with Gasteiger partial charge < -0.3 is 10.4 Å². The standard InChI is InChI=1S/C14H10BrN3O2S/c15-11-6-5-8(21-11)7-16-12-9-3-1-2-4-10(9)17-13(18-12)14(19)20/h1-6H,7H2,(H,19,20)(H,16,17,18). The van der Waals surface area contributed by atoms with E-state index < -0.39 is 5.97 Å². The minimum absolute atomic E-state index is 0.205. The van der Waals surface area contributed by atoms with Crippen molar-refractivity contribution in [1.29, 1.82) is 0 Å². The first-order chi connectivity index (χ1) is 10.1. The molecule has 3 aromatic rings. The van der Waals surface area contributed by atoms with Crippen molar-refractivity contribution >= 4 is 50.0 Å². The van der Waals surface area contributed by atoms with Crippen LogP contribution in [0.25, 0.3) is 10.9 Å². The molecule has 0 saturated carbocycles. The molecule has 0 fully saturated rings. The Morgan fingerprint density at radius 2 is 2.05 bits per heavy atom. The molecule has 0 aliphatic heterocycles. The summed E-state index contributed by atoms with van der Waals surface area (Å²) in [5, 5.41) is 13.1. The molecule has 0 bridgehead atoms. The molecular weight excluding hydrogens is 354 g/mol. The molecule has 0 aliphatic carbocycles. The number of carbonyl (C=O) groups is 1. The molecule has 0 amide bonds. The second-order valence-electron chi connectivity index (χ2n) is 4.28. The Bertz CT molecular complexity index is 819. The first-order valence-corrected chi connectivity index (χ1v) is 7.72. The van der Waals surface area contributed by atoms with E-state index >= 15 is 0 Å². The van der Waals surface area contributed by atoms with Crippen LogP contribution in [0.1, 0.15) is 15.5 Å². The maximum Gasteiger partial charge on any atom is 0.374 e. The third-order valence-corrected chi connectivity index (χ3v) is 4.48. The highest BCUT2D eigenvalue weighted by molar-refractivity contribution is 9.11. The van der Waals surface area contributed by atoms with Gasteiger partial charge in [0.1, 0.15) is 5.82 Å². The average Bonchev–Trinajstić information content (AvgIpc) is 2.90. The summed E-state index contributed by atoms with van der Waals surface area (Å²) in [5.74, 6) is -0.811. The Labute approximate surface area is 132 Å². The van der Waals surface area contributed by atoms with Crippen LogP contribution in [0.4, 0.5) is 5.82 Å². The molecule has 0 spiro atoms. The van der Waals surface area contributed by atoms with Gasteiger partial charge in [0.2, 0.25) is 5.82 Å². The molecule has 0 aliphatic rings. The molecule has 1 aromatic carbocycles. The van der Waals surface area contributed by atoms with Gasteiger partial charge in [0.05, 0.1) is 15.8 Å². The largest absolute Gasteiger partial charge is 0.475 e. The quantitative estimate of drug-likeness (QED) is 0.737. The highest BCUT2D eigenvalue weighted by Crippen LogP contribution is 2.24. The van der Waals surface area contributed by atoms with Crippen molar-refractivity contribution in [1.82, 2.24) is 9.97 Å². The van der Waals surface area contributed by atoms with Crippen LogP contribution in [-0.2, 0) is 6.54 Å². The number of hydrogen-bond donors (Lipinski definition) is 2. The van der Waals surface area contributed by atoms with Gasteiger partial charge in [0.25, 0.3) is 0 Å². The van der Waals surface area contributed by atoms with E-state index in [9.17, 15) is 4.79 Å². The van der Waals surface area contributed by atoms with Crippen LogP contribution >= 0.6 is 27.3 Å². The Kier molecular flexibility index (Phi) is 3.85. The fraction of sp³-hybridized carbons (Fsp3) is 0.0714. The molecule has 7 heteroatoms. The maximum absolute atomic E-state index is 11.1. The lowest BCUT2D eigenvalue weighted by atomic mass is 10.2. The topological polar surface area (TPSA) is 75.1 Å². The third-order valence-electron chi connectivity index (χ3n) is 2.85. The zero-order valence-corrected chi connectivity index (χ0v) is 13.1.